The third-order valence-corrected chi connectivity index (χ3v) is 4.47. The van der Waals surface area contributed by atoms with Crippen molar-refractivity contribution in [2.45, 2.75) is 32.9 Å². The molecule has 1 atom stereocenters. The summed E-state index contributed by atoms with van der Waals surface area (Å²) in [5.74, 6) is 0.863. The van der Waals surface area contributed by atoms with Crippen LogP contribution in [0.5, 0.6) is 5.75 Å². The molecule has 1 unspecified atom stereocenters. The van der Waals surface area contributed by atoms with Crippen LogP contribution in [-0.4, -0.2) is 31.5 Å². The zero-order valence-electron chi connectivity index (χ0n) is 15.6. The van der Waals surface area contributed by atoms with Gasteiger partial charge in [-0.25, -0.2) is 0 Å². The molecule has 0 radical (unpaired) electrons. The molecule has 0 bridgehead atoms. The summed E-state index contributed by atoms with van der Waals surface area (Å²) in [6.45, 7) is 5.06. The summed E-state index contributed by atoms with van der Waals surface area (Å²) in [7, 11) is 3.46. The Morgan fingerprint density at radius 2 is 1.84 bits per heavy atom. The molecule has 134 valence electrons. The fourth-order valence-electron chi connectivity index (χ4n) is 2.71. The number of aryl methyl sites for hydroxylation is 1. The average molecular weight is 340 g/mol. The van der Waals surface area contributed by atoms with E-state index in [-0.39, 0.29) is 11.9 Å². The van der Waals surface area contributed by atoms with Gasteiger partial charge < -0.3 is 15.0 Å². The van der Waals surface area contributed by atoms with Gasteiger partial charge in [-0.3, -0.25) is 4.79 Å². The minimum absolute atomic E-state index is 0.0583. The quantitative estimate of drug-likeness (QED) is 0.799. The number of likely N-dealkylation sites (N-methyl/N-ethyl adjacent to an activating group) is 1. The Balaban J connectivity index is 1.88. The Morgan fingerprint density at radius 1 is 1.16 bits per heavy atom. The molecule has 0 fully saturated rings. The maximum absolute atomic E-state index is 12.4. The number of hydrogen-bond acceptors (Lipinski definition) is 3. The van der Waals surface area contributed by atoms with Gasteiger partial charge in [-0.15, -0.1) is 0 Å². The lowest BCUT2D eigenvalue weighted by molar-refractivity contribution is -0.129. The van der Waals surface area contributed by atoms with Crippen molar-refractivity contribution in [3.05, 3.63) is 65.2 Å². The van der Waals surface area contributed by atoms with Crippen LogP contribution in [0.3, 0.4) is 0 Å². The zero-order valence-corrected chi connectivity index (χ0v) is 15.6. The fraction of sp³-hybridized carbons (Fsp3) is 0.381. The van der Waals surface area contributed by atoms with Crippen LogP contribution >= 0.6 is 0 Å². The number of para-hydroxylation sites is 1. The molecule has 0 aliphatic rings. The molecule has 1 amide bonds. The summed E-state index contributed by atoms with van der Waals surface area (Å²) in [6, 6.07) is 16.4. The lowest BCUT2D eigenvalue weighted by atomic mass is 10.1. The number of carbonyl (C=O) groups is 1. The third-order valence-electron chi connectivity index (χ3n) is 4.47. The Kier molecular flexibility index (Phi) is 7.02. The Hall–Kier alpha value is -2.33. The first-order valence-corrected chi connectivity index (χ1v) is 8.73. The van der Waals surface area contributed by atoms with Crippen LogP contribution in [-0.2, 0) is 17.8 Å². The van der Waals surface area contributed by atoms with Crippen molar-refractivity contribution in [1.82, 2.24) is 10.2 Å². The zero-order chi connectivity index (χ0) is 18.2. The van der Waals surface area contributed by atoms with Crippen LogP contribution in [0.15, 0.2) is 48.5 Å². The summed E-state index contributed by atoms with van der Waals surface area (Å²) in [6.07, 6.45) is 1.04. The summed E-state index contributed by atoms with van der Waals surface area (Å²) in [5.41, 5.74) is 3.52. The third kappa shape index (κ3) is 5.33. The highest BCUT2D eigenvalue weighted by Crippen LogP contribution is 2.19. The molecule has 2 aromatic carbocycles. The molecule has 0 heterocycles. The lowest BCUT2D eigenvalue weighted by Gasteiger charge is -2.21. The van der Waals surface area contributed by atoms with Gasteiger partial charge in [0.1, 0.15) is 5.75 Å². The Bertz CT molecular complexity index is 683. The molecule has 0 aliphatic carbocycles. The van der Waals surface area contributed by atoms with Gasteiger partial charge in [0.25, 0.3) is 0 Å². The monoisotopic (exact) mass is 340 g/mol. The molecule has 4 heteroatoms. The minimum Gasteiger partial charge on any atom is -0.496 e. The first-order chi connectivity index (χ1) is 12.0. The fourth-order valence-corrected chi connectivity index (χ4v) is 2.71. The van der Waals surface area contributed by atoms with Crippen LogP contribution < -0.4 is 10.1 Å². The second kappa shape index (κ2) is 9.23. The molecule has 1 N–H and O–H groups in total. The number of amides is 1. The minimum atomic E-state index is 0.0583. The van der Waals surface area contributed by atoms with E-state index in [9.17, 15) is 4.79 Å². The molecule has 4 nitrogen and oxygen atoms in total. The molecule has 0 saturated carbocycles. The molecule has 2 rings (SSSR count). The Morgan fingerprint density at radius 3 is 2.48 bits per heavy atom. The second-order valence-corrected chi connectivity index (χ2v) is 6.26. The van der Waals surface area contributed by atoms with Crippen molar-refractivity contribution < 1.29 is 9.53 Å². The van der Waals surface area contributed by atoms with Crippen LogP contribution in [0.2, 0.25) is 0 Å². The van der Waals surface area contributed by atoms with Crippen LogP contribution in [0, 0.1) is 0 Å². The number of hydrogen-bond donors (Lipinski definition) is 1. The highest BCUT2D eigenvalue weighted by molar-refractivity contribution is 5.78. The van der Waals surface area contributed by atoms with Crippen molar-refractivity contribution in [1.29, 1.82) is 0 Å². The molecule has 0 aliphatic heterocycles. The van der Waals surface area contributed by atoms with Crippen molar-refractivity contribution in [2.75, 3.05) is 20.7 Å². The second-order valence-electron chi connectivity index (χ2n) is 6.26. The van der Waals surface area contributed by atoms with E-state index in [1.807, 2.05) is 31.3 Å². The van der Waals surface area contributed by atoms with E-state index in [2.05, 4.69) is 43.4 Å². The van der Waals surface area contributed by atoms with Crippen LogP contribution in [0.1, 0.15) is 36.6 Å². The largest absolute Gasteiger partial charge is 0.496 e. The van der Waals surface area contributed by atoms with E-state index in [1.54, 1.807) is 12.0 Å². The van der Waals surface area contributed by atoms with Crippen molar-refractivity contribution >= 4 is 5.91 Å². The maximum atomic E-state index is 12.4. The van der Waals surface area contributed by atoms with E-state index in [1.165, 1.54) is 11.1 Å². The van der Waals surface area contributed by atoms with Crippen molar-refractivity contribution in [3.63, 3.8) is 0 Å². The molecular weight excluding hydrogens is 312 g/mol. The molecule has 25 heavy (non-hydrogen) atoms. The smallest absolute Gasteiger partial charge is 0.236 e. The van der Waals surface area contributed by atoms with Gasteiger partial charge in [-0.2, -0.15) is 0 Å². The lowest BCUT2D eigenvalue weighted by Crippen LogP contribution is -2.36. The van der Waals surface area contributed by atoms with Gasteiger partial charge in [0.05, 0.1) is 13.7 Å². The number of carbonyl (C=O) groups excluding carboxylic acids is 1. The Labute approximate surface area is 150 Å². The number of rotatable bonds is 8. The van der Waals surface area contributed by atoms with E-state index >= 15 is 0 Å². The summed E-state index contributed by atoms with van der Waals surface area (Å²) >= 11 is 0. The number of nitrogens with one attached hydrogen (secondary N) is 1. The van der Waals surface area contributed by atoms with Gasteiger partial charge in [-0.05, 0) is 30.5 Å². The average Bonchev–Trinajstić information content (AvgIpc) is 2.66. The van der Waals surface area contributed by atoms with Crippen LogP contribution in [0.4, 0.5) is 0 Å². The summed E-state index contributed by atoms with van der Waals surface area (Å²) in [5, 5.41) is 3.31. The maximum Gasteiger partial charge on any atom is 0.236 e. The summed E-state index contributed by atoms with van der Waals surface area (Å²) in [4.78, 5) is 14.1. The topological polar surface area (TPSA) is 41.6 Å². The standard InChI is InChI=1S/C21H28N2O2/c1-5-17-10-12-18(13-11-17)16(2)22-14-21(24)23(3)15-19-8-6-7-9-20(19)25-4/h6-13,16,22H,5,14-15H2,1-4H3. The number of nitrogens with zero attached hydrogens (tertiary/aromatic N) is 1. The molecule has 0 spiro atoms. The normalized spacial score (nSPS) is 11.8. The van der Waals surface area contributed by atoms with Crippen LogP contribution in [0.25, 0.3) is 0 Å². The highest BCUT2D eigenvalue weighted by atomic mass is 16.5. The number of benzene rings is 2. The predicted octanol–water partition coefficient (Wildman–Crippen LogP) is 3.57. The first kappa shape index (κ1) is 19.0. The van der Waals surface area contributed by atoms with Crippen molar-refractivity contribution in [2.24, 2.45) is 0 Å². The van der Waals surface area contributed by atoms with Gasteiger partial charge in [0.2, 0.25) is 5.91 Å². The molecule has 0 saturated heterocycles. The number of methoxy groups -OCH3 is 1. The van der Waals surface area contributed by atoms with E-state index < -0.39 is 0 Å². The van der Waals surface area contributed by atoms with E-state index in [4.69, 9.17) is 4.74 Å². The van der Waals surface area contributed by atoms with Gasteiger partial charge in [-0.1, -0.05) is 49.4 Å². The van der Waals surface area contributed by atoms with Gasteiger partial charge in [0.15, 0.2) is 0 Å². The first-order valence-electron chi connectivity index (χ1n) is 8.73. The predicted molar refractivity (Wildman–Crippen MR) is 102 cm³/mol. The SMILES string of the molecule is CCc1ccc(C(C)NCC(=O)N(C)Cc2ccccc2OC)cc1. The van der Waals surface area contributed by atoms with Gasteiger partial charge >= 0.3 is 0 Å². The number of ether oxygens (including phenoxy) is 1. The van der Waals surface area contributed by atoms with E-state index in [0.29, 0.717) is 13.1 Å². The molecular formula is C21H28N2O2. The molecule has 0 aromatic heterocycles. The van der Waals surface area contributed by atoms with E-state index in [0.717, 1.165) is 17.7 Å². The molecule has 2 aromatic rings. The van der Waals surface area contributed by atoms with Gasteiger partial charge in [0, 0.05) is 25.2 Å². The summed E-state index contributed by atoms with van der Waals surface area (Å²) < 4.78 is 5.35. The van der Waals surface area contributed by atoms with Crippen molar-refractivity contribution in [3.8, 4) is 5.75 Å². The highest BCUT2D eigenvalue weighted by Gasteiger charge is 2.13.